The number of esters is 1. The molecule has 2 rings (SSSR count). The third-order valence-electron chi connectivity index (χ3n) is 1.94. The molecular formula is C10H9NO4. The van der Waals surface area contributed by atoms with Crippen LogP contribution in [0.1, 0.15) is 5.89 Å². The Bertz CT molecular complexity index is 503. The van der Waals surface area contributed by atoms with Gasteiger partial charge in [0.15, 0.2) is 5.58 Å². The van der Waals surface area contributed by atoms with Crippen LogP contribution in [0, 0.1) is 0 Å². The maximum Gasteiger partial charge on any atom is 0.314 e. The predicted molar refractivity (Wildman–Crippen MR) is 51.4 cm³/mol. The van der Waals surface area contributed by atoms with Crippen LogP contribution in [0.2, 0.25) is 0 Å². The fourth-order valence-corrected chi connectivity index (χ4v) is 1.23. The lowest BCUT2D eigenvalue weighted by Crippen LogP contribution is -2.04. The number of benzene rings is 1. The zero-order valence-corrected chi connectivity index (χ0v) is 8.06. The van der Waals surface area contributed by atoms with Crippen molar-refractivity contribution in [3.63, 3.8) is 0 Å². The maximum atomic E-state index is 11.0. The molecule has 0 fully saturated rings. The molecule has 1 N–H and O–H groups in total. The highest BCUT2D eigenvalue weighted by molar-refractivity contribution is 5.76. The normalized spacial score (nSPS) is 10.5. The summed E-state index contributed by atoms with van der Waals surface area (Å²) in [5.74, 6) is -0.0310. The van der Waals surface area contributed by atoms with Crippen molar-refractivity contribution < 1.29 is 19.1 Å². The highest BCUT2D eigenvalue weighted by Crippen LogP contribution is 2.20. The summed E-state index contributed by atoms with van der Waals surface area (Å²) in [5.41, 5.74) is 1.06. The van der Waals surface area contributed by atoms with E-state index < -0.39 is 5.97 Å². The van der Waals surface area contributed by atoms with E-state index in [2.05, 4.69) is 9.72 Å². The van der Waals surface area contributed by atoms with Crippen molar-refractivity contribution in [2.45, 2.75) is 6.42 Å². The van der Waals surface area contributed by atoms with Crippen LogP contribution in [0.15, 0.2) is 22.6 Å². The molecule has 0 bridgehead atoms. The number of hydrogen-bond acceptors (Lipinski definition) is 5. The first kappa shape index (κ1) is 9.51. The molecule has 0 aliphatic heterocycles. The summed E-state index contributed by atoms with van der Waals surface area (Å²) in [4.78, 5) is 15.0. The van der Waals surface area contributed by atoms with Crippen LogP contribution >= 0.6 is 0 Å². The van der Waals surface area contributed by atoms with Crippen LogP contribution in [0.3, 0.4) is 0 Å². The van der Waals surface area contributed by atoms with Crippen molar-refractivity contribution in [2.75, 3.05) is 7.11 Å². The molecule has 0 aliphatic rings. The van der Waals surface area contributed by atoms with Gasteiger partial charge in [-0.1, -0.05) is 0 Å². The number of carbonyl (C=O) groups excluding carboxylic acids is 1. The number of nitrogens with zero attached hydrogens (tertiary/aromatic N) is 1. The molecule has 0 atom stereocenters. The van der Waals surface area contributed by atoms with E-state index in [9.17, 15) is 9.90 Å². The molecule has 5 heteroatoms. The Labute approximate surface area is 85.3 Å². The van der Waals surface area contributed by atoms with Crippen LogP contribution in [0.5, 0.6) is 5.75 Å². The Morgan fingerprint density at radius 2 is 2.40 bits per heavy atom. The molecule has 0 saturated carbocycles. The highest BCUT2D eigenvalue weighted by atomic mass is 16.5. The number of aromatic nitrogens is 1. The Morgan fingerprint density at radius 1 is 1.60 bits per heavy atom. The van der Waals surface area contributed by atoms with Crippen molar-refractivity contribution in [1.82, 2.24) is 4.98 Å². The number of rotatable bonds is 2. The second kappa shape index (κ2) is 3.61. The molecule has 0 radical (unpaired) electrons. The van der Waals surface area contributed by atoms with E-state index in [4.69, 9.17) is 4.42 Å². The zero-order valence-electron chi connectivity index (χ0n) is 8.06. The summed E-state index contributed by atoms with van der Waals surface area (Å²) in [5, 5.41) is 9.19. The first-order valence-corrected chi connectivity index (χ1v) is 4.34. The van der Waals surface area contributed by atoms with Crippen LogP contribution in [0.25, 0.3) is 11.1 Å². The molecule has 78 valence electrons. The lowest BCUT2D eigenvalue weighted by Gasteiger charge is -1.92. The first-order valence-electron chi connectivity index (χ1n) is 4.34. The van der Waals surface area contributed by atoms with Gasteiger partial charge in [0.2, 0.25) is 5.89 Å². The van der Waals surface area contributed by atoms with Crippen molar-refractivity contribution in [1.29, 1.82) is 0 Å². The van der Waals surface area contributed by atoms with Gasteiger partial charge >= 0.3 is 5.97 Å². The molecule has 0 aliphatic carbocycles. The number of oxazole rings is 1. The number of aromatic hydroxyl groups is 1. The van der Waals surface area contributed by atoms with Crippen molar-refractivity contribution in [3.8, 4) is 5.75 Å². The molecule has 1 aromatic carbocycles. The topological polar surface area (TPSA) is 72.6 Å². The van der Waals surface area contributed by atoms with Crippen molar-refractivity contribution in [2.24, 2.45) is 0 Å². The smallest absolute Gasteiger partial charge is 0.314 e. The number of phenols is 1. The largest absolute Gasteiger partial charge is 0.508 e. The molecule has 1 heterocycles. The lowest BCUT2D eigenvalue weighted by molar-refractivity contribution is -0.140. The molecule has 2 aromatic rings. The van der Waals surface area contributed by atoms with Gasteiger partial charge < -0.3 is 14.3 Å². The second-order valence-electron chi connectivity index (χ2n) is 3.01. The van der Waals surface area contributed by atoms with E-state index in [0.29, 0.717) is 11.1 Å². The summed E-state index contributed by atoms with van der Waals surface area (Å²) in [7, 11) is 1.30. The standard InChI is InChI=1S/C10H9NO4/c1-14-10(13)5-9-11-7-3-2-6(12)4-8(7)15-9/h2-4,12H,5H2,1H3. The minimum atomic E-state index is -0.411. The number of hydrogen-bond donors (Lipinski definition) is 1. The fraction of sp³-hybridized carbons (Fsp3) is 0.200. The SMILES string of the molecule is COC(=O)Cc1nc2ccc(O)cc2o1. The van der Waals surface area contributed by atoms with Gasteiger partial charge in [0, 0.05) is 6.07 Å². The number of carbonyl (C=O) groups is 1. The number of phenolic OH excluding ortho intramolecular Hbond substituents is 1. The van der Waals surface area contributed by atoms with Gasteiger partial charge in [0.1, 0.15) is 17.7 Å². The summed E-state index contributed by atoms with van der Waals surface area (Å²) in [6, 6.07) is 4.57. The Kier molecular flexibility index (Phi) is 2.29. The number of methoxy groups -OCH3 is 1. The molecule has 0 saturated heterocycles. The maximum absolute atomic E-state index is 11.0. The molecule has 0 spiro atoms. The lowest BCUT2D eigenvalue weighted by atomic mass is 10.3. The minimum absolute atomic E-state index is 0.00799. The molecule has 1 aromatic heterocycles. The number of fused-ring (bicyclic) bond motifs is 1. The third-order valence-corrected chi connectivity index (χ3v) is 1.94. The Hall–Kier alpha value is -2.04. The molecule has 0 amide bonds. The van der Waals surface area contributed by atoms with Gasteiger partial charge in [-0.15, -0.1) is 0 Å². The van der Waals surface area contributed by atoms with E-state index in [1.807, 2.05) is 0 Å². The van der Waals surface area contributed by atoms with Gasteiger partial charge in [-0.25, -0.2) is 4.98 Å². The monoisotopic (exact) mass is 207 g/mol. The first-order chi connectivity index (χ1) is 7.19. The zero-order chi connectivity index (χ0) is 10.8. The van der Waals surface area contributed by atoms with Gasteiger partial charge in [0.05, 0.1) is 7.11 Å². The van der Waals surface area contributed by atoms with Crippen molar-refractivity contribution in [3.05, 3.63) is 24.1 Å². The Morgan fingerprint density at radius 3 is 3.13 bits per heavy atom. The Balaban J connectivity index is 2.34. The van der Waals surface area contributed by atoms with Gasteiger partial charge in [-0.2, -0.15) is 0 Å². The number of ether oxygens (including phenoxy) is 1. The fourth-order valence-electron chi connectivity index (χ4n) is 1.23. The average molecular weight is 207 g/mol. The van der Waals surface area contributed by atoms with Crippen LogP contribution < -0.4 is 0 Å². The minimum Gasteiger partial charge on any atom is -0.508 e. The van der Waals surface area contributed by atoms with E-state index in [-0.39, 0.29) is 18.1 Å². The van der Waals surface area contributed by atoms with Gasteiger partial charge in [0.25, 0.3) is 0 Å². The second-order valence-corrected chi connectivity index (χ2v) is 3.01. The van der Waals surface area contributed by atoms with E-state index >= 15 is 0 Å². The molecule has 15 heavy (non-hydrogen) atoms. The third kappa shape index (κ3) is 1.90. The summed E-state index contributed by atoms with van der Waals surface area (Å²) >= 11 is 0. The molecule has 5 nitrogen and oxygen atoms in total. The molecular weight excluding hydrogens is 198 g/mol. The van der Waals surface area contributed by atoms with E-state index in [1.54, 1.807) is 6.07 Å². The van der Waals surface area contributed by atoms with Crippen molar-refractivity contribution >= 4 is 17.1 Å². The summed E-state index contributed by atoms with van der Waals surface area (Å²) in [6.07, 6.45) is -0.00799. The van der Waals surface area contributed by atoms with Gasteiger partial charge in [-0.05, 0) is 12.1 Å². The van der Waals surface area contributed by atoms with Gasteiger partial charge in [-0.3, -0.25) is 4.79 Å². The van der Waals surface area contributed by atoms with Crippen LogP contribution in [0.4, 0.5) is 0 Å². The van der Waals surface area contributed by atoms with Crippen LogP contribution in [-0.2, 0) is 16.0 Å². The van der Waals surface area contributed by atoms with E-state index in [0.717, 1.165) is 0 Å². The summed E-state index contributed by atoms with van der Waals surface area (Å²) < 4.78 is 9.73. The highest BCUT2D eigenvalue weighted by Gasteiger charge is 2.10. The quantitative estimate of drug-likeness (QED) is 0.750. The summed E-state index contributed by atoms with van der Waals surface area (Å²) in [6.45, 7) is 0. The molecule has 0 unspecified atom stereocenters. The predicted octanol–water partition coefficient (Wildman–Crippen LogP) is 1.25. The van der Waals surface area contributed by atoms with Crippen LogP contribution in [-0.4, -0.2) is 23.2 Å². The van der Waals surface area contributed by atoms with E-state index in [1.165, 1.54) is 19.2 Å². The average Bonchev–Trinajstić information content (AvgIpc) is 2.59.